The zero-order chi connectivity index (χ0) is 10.4. The van der Waals surface area contributed by atoms with Crippen molar-refractivity contribution in [2.75, 3.05) is 0 Å². The van der Waals surface area contributed by atoms with Crippen LogP contribution in [-0.2, 0) is 11.2 Å². The molecule has 0 saturated carbocycles. The lowest BCUT2D eigenvalue weighted by molar-refractivity contribution is -0.119. The number of thiophene rings is 1. The Morgan fingerprint density at radius 3 is 2.93 bits per heavy atom. The highest BCUT2D eigenvalue weighted by atomic mass is 32.1. The van der Waals surface area contributed by atoms with Gasteiger partial charge in [0.05, 0.1) is 0 Å². The normalized spacial score (nSPS) is 12.7. The van der Waals surface area contributed by atoms with E-state index in [1.165, 1.54) is 11.3 Å². The number of hydrogen-bond acceptors (Lipinski definition) is 2. The summed E-state index contributed by atoms with van der Waals surface area (Å²) in [5.41, 5.74) is 0. The lowest BCUT2D eigenvalue weighted by atomic mass is 9.98. The van der Waals surface area contributed by atoms with Gasteiger partial charge in [0.15, 0.2) is 0 Å². The van der Waals surface area contributed by atoms with Gasteiger partial charge >= 0.3 is 0 Å². The summed E-state index contributed by atoms with van der Waals surface area (Å²) in [5.74, 6) is 0.931. The van der Waals surface area contributed by atoms with Crippen LogP contribution in [0.3, 0.4) is 0 Å². The Kier molecular flexibility index (Phi) is 4.88. The summed E-state index contributed by atoms with van der Waals surface area (Å²) < 4.78 is 0. The Bertz CT molecular complexity index is 264. The molecule has 0 spiro atoms. The standard InChI is InChI=1S/C12H18OS/c1-3-5-10(2)8-11(13)9-12-6-4-7-14-12/h4,6-7,10H,3,5,8-9H2,1-2H3. The molecule has 1 nitrogen and oxygen atoms in total. The van der Waals surface area contributed by atoms with Crippen LogP contribution in [0.4, 0.5) is 0 Å². The van der Waals surface area contributed by atoms with E-state index in [0.29, 0.717) is 18.1 Å². The van der Waals surface area contributed by atoms with E-state index in [4.69, 9.17) is 0 Å². The molecule has 78 valence electrons. The van der Waals surface area contributed by atoms with Crippen molar-refractivity contribution >= 4 is 17.1 Å². The van der Waals surface area contributed by atoms with Crippen LogP contribution >= 0.6 is 11.3 Å². The number of carbonyl (C=O) groups excluding carboxylic acids is 1. The number of hydrogen-bond donors (Lipinski definition) is 0. The molecule has 0 N–H and O–H groups in total. The quantitative estimate of drug-likeness (QED) is 0.700. The first-order valence-electron chi connectivity index (χ1n) is 5.26. The predicted octanol–water partition coefficient (Wildman–Crippen LogP) is 3.69. The molecule has 0 aliphatic rings. The van der Waals surface area contributed by atoms with E-state index in [1.807, 2.05) is 17.5 Å². The third-order valence-corrected chi connectivity index (χ3v) is 3.19. The molecule has 0 saturated heterocycles. The van der Waals surface area contributed by atoms with Crippen LogP contribution in [0.15, 0.2) is 17.5 Å². The van der Waals surface area contributed by atoms with Gasteiger partial charge in [0, 0.05) is 17.7 Å². The number of rotatable bonds is 6. The van der Waals surface area contributed by atoms with Crippen molar-refractivity contribution in [3.8, 4) is 0 Å². The molecule has 0 aliphatic carbocycles. The fourth-order valence-corrected chi connectivity index (χ4v) is 2.40. The first-order chi connectivity index (χ1) is 6.72. The van der Waals surface area contributed by atoms with Crippen molar-refractivity contribution in [3.63, 3.8) is 0 Å². The molecule has 0 bridgehead atoms. The molecule has 0 radical (unpaired) electrons. The smallest absolute Gasteiger partial charge is 0.138 e. The molecule has 0 fully saturated rings. The minimum atomic E-state index is 0.383. The molecule has 1 unspecified atom stereocenters. The largest absolute Gasteiger partial charge is 0.299 e. The van der Waals surface area contributed by atoms with Gasteiger partial charge in [-0.25, -0.2) is 0 Å². The maximum absolute atomic E-state index is 11.6. The van der Waals surface area contributed by atoms with Crippen molar-refractivity contribution in [2.45, 2.75) is 39.5 Å². The minimum absolute atomic E-state index is 0.383. The van der Waals surface area contributed by atoms with Crippen LogP contribution in [0.25, 0.3) is 0 Å². The van der Waals surface area contributed by atoms with Gasteiger partial charge in [-0.1, -0.05) is 32.8 Å². The van der Waals surface area contributed by atoms with Gasteiger partial charge in [0.25, 0.3) is 0 Å². The summed E-state index contributed by atoms with van der Waals surface area (Å²) in [5, 5.41) is 2.03. The van der Waals surface area contributed by atoms with Gasteiger partial charge < -0.3 is 0 Å². The van der Waals surface area contributed by atoms with E-state index in [0.717, 1.165) is 12.8 Å². The number of ketones is 1. The average molecular weight is 210 g/mol. The number of carbonyl (C=O) groups is 1. The number of Topliss-reactive ketones (excluding diaryl/α,β-unsaturated/α-hetero) is 1. The second kappa shape index (κ2) is 5.97. The first kappa shape index (κ1) is 11.4. The molecule has 0 amide bonds. The average Bonchev–Trinajstić information content (AvgIpc) is 2.56. The second-order valence-corrected chi connectivity index (χ2v) is 4.93. The van der Waals surface area contributed by atoms with Crippen molar-refractivity contribution in [2.24, 2.45) is 5.92 Å². The summed E-state index contributed by atoms with van der Waals surface area (Å²) in [7, 11) is 0. The zero-order valence-corrected chi connectivity index (χ0v) is 9.77. The lowest BCUT2D eigenvalue weighted by Crippen LogP contribution is -2.07. The van der Waals surface area contributed by atoms with Crippen LogP contribution in [0.5, 0.6) is 0 Å². The van der Waals surface area contributed by atoms with E-state index in [2.05, 4.69) is 13.8 Å². The van der Waals surface area contributed by atoms with Crippen molar-refractivity contribution in [1.29, 1.82) is 0 Å². The summed E-state index contributed by atoms with van der Waals surface area (Å²) in [6, 6.07) is 4.04. The highest BCUT2D eigenvalue weighted by molar-refractivity contribution is 7.10. The molecule has 2 heteroatoms. The zero-order valence-electron chi connectivity index (χ0n) is 8.95. The Balaban J connectivity index is 2.29. The van der Waals surface area contributed by atoms with Crippen LogP contribution in [0.2, 0.25) is 0 Å². The van der Waals surface area contributed by atoms with Gasteiger partial charge in [0.1, 0.15) is 5.78 Å². The van der Waals surface area contributed by atoms with E-state index in [9.17, 15) is 4.79 Å². The molecule has 1 atom stereocenters. The maximum atomic E-state index is 11.6. The topological polar surface area (TPSA) is 17.1 Å². The molecule has 14 heavy (non-hydrogen) atoms. The summed E-state index contributed by atoms with van der Waals surface area (Å²) in [4.78, 5) is 12.8. The van der Waals surface area contributed by atoms with E-state index < -0.39 is 0 Å². The Morgan fingerprint density at radius 1 is 1.57 bits per heavy atom. The van der Waals surface area contributed by atoms with E-state index in [-0.39, 0.29) is 0 Å². The summed E-state index contributed by atoms with van der Waals surface area (Å²) in [6.45, 7) is 4.33. The van der Waals surface area contributed by atoms with Crippen LogP contribution in [0, 0.1) is 5.92 Å². The van der Waals surface area contributed by atoms with Gasteiger partial charge in [-0.15, -0.1) is 11.3 Å². The van der Waals surface area contributed by atoms with Gasteiger partial charge in [-0.2, -0.15) is 0 Å². The molecular weight excluding hydrogens is 192 g/mol. The molecule has 1 aromatic heterocycles. The van der Waals surface area contributed by atoms with E-state index in [1.54, 1.807) is 11.3 Å². The Hall–Kier alpha value is -0.630. The summed E-state index contributed by atoms with van der Waals surface area (Å²) >= 11 is 1.67. The summed E-state index contributed by atoms with van der Waals surface area (Å²) in [6.07, 6.45) is 3.71. The SMILES string of the molecule is CCCC(C)CC(=O)Cc1cccs1. The van der Waals surface area contributed by atoms with Crippen LogP contribution in [0.1, 0.15) is 38.0 Å². The molecule has 1 aromatic rings. The lowest BCUT2D eigenvalue weighted by Gasteiger charge is -2.07. The molecule has 0 aliphatic heterocycles. The fourth-order valence-electron chi connectivity index (χ4n) is 1.66. The van der Waals surface area contributed by atoms with Crippen LogP contribution < -0.4 is 0 Å². The Morgan fingerprint density at radius 2 is 2.36 bits per heavy atom. The van der Waals surface area contributed by atoms with Crippen molar-refractivity contribution in [1.82, 2.24) is 0 Å². The predicted molar refractivity (Wildman–Crippen MR) is 61.7 cm³/mol. The molecule has 0 aromatic carbocycles. The third-order valence-electron chi connectivity index (χ3n) is 2.31. The monoisotopic (exact) mass is 210 g/mol. The highest BCUT2D eigenvalue weighted by Crippen LogP contribution is 2.15. The van der Waals surface area contributed by atoms with Gasteiger partial charge in [-0.3, -0.25) is 4.79 Å². The fraction of sp³-hybridized carbons (Fsp3) is 0.583. The van der Waals surface area contributed by atoms with Crippen molar-refractivity contribution < 1.29 is 4.79 Å². The van der Waals surface area contributed by atoms with Crippen LogP contribution in [-0.4, -0.2) is 5.78 Å². The molecular formula is C12H18OS. The van der Waals surface area contributed by atoms with Crippen molar-refractivity contribution in [3.05, 3.63) is 22.4 Å². The van der Waals surface area contributed by atoms with Gasteiger partial charge in [-0.05, 0) is 17.4 Å². The molecule has 1 rings (SSSR count). The third kappa shape index (κ3) is 4.05. The second-order valence-electron chi connectivity index (χ2n) is 3.89. The maximum Gasteiger partial charge on any atom is 0.138 e. The Labute approximate surface area is 90.2 Å². The highest BCUT2D eigenvalue weighted by Gasteiger charge is 2.09. The van der Waals surface area contributed by atoms with Gasteiger partial charge in [0.2, 0.25) is 0 Å². The van der Waals surface area contributed by atoms with E-state index >= 15 is 0 Å². The first-order valence-corrected chi connectivity index (χ1v) is 6.14. The minimum Gasteiger partial charge on any atom is -0.299 e. The molecule has 1 heterocycles.